The summed E-state index contributed by atoms with van der Waals surface area (Å²) < 4.78 is 43.3. The molecule has 3 rings (SSSR count). The molecule has 128 valence electrons. The molecule has 2 aromatic rings. The molecular weight excluding hydrogens is 321 g/mol. The zero-order valence-electron chi connectivity index (χ0n) is 13.3. The van der Waals surface area contributed by atoms with Crippen molar-refractivity contribution in [3.8, 4) is 0 Å². The van der Waals surface area contributed by atoms with Crippen LogP contribution in [0.5, 0.6) is 0 Å². The molecule has 0 aliphatic heterocycles. The van der Waals surface area contributed by atoms with Crippen LogP contribution < -0.4 is 0 Å². The van der Waals surface area contributed by atoms with Crippen molar-refractivity contribution in [1.29, 1.82) is 0 Å². The summed E-state index contributed by atoms with van der Waals surface area (Å²) in [5, 5.41) is 3.84. The largest absolute Gasteiger partial charge is 0.416 e. The molecule has 0 bridgehead atoms. The van der Waals surface area contributed by atoms with E-state index >= 15 is 0 Å². The second kappa shape index (κ2) is 5.96. The second-order valence-electron chi connectivity index (χ2n) is 6.20. The molecule has 1 aromatic carbocycles. The SMILES string of the molecule is Cc1cc(CN(C)C(=O)C2CC2c2cccc(C(F)(F)F)c2)no1. The van der Waals surface area contributed by atoms with Crippen LogP contribution in [0.25, 0.3) is 0 Å². The minimum absolute atomic E-state index is 0.0851. The van der Waals surface area contributed by atoms with Crippen LogP contribution in [0.2, 0.25) is 0 Å². The molecule has 0 saturated heterocycles. The number of amides is 1. The first kappa shape index (κ1) is 16.5. The predicted octanol–water partition coefficient (Wildman–Crippen LogP) is 3.76. The van der Waals surface area contributed by atoms with E-state index in [1.165, 1.54) is 11.0 Å². The maximum absolute atomic E-state index is 12.8. The number of rotatable bonds is 4. The Morgan fingerprint density at radius 1 is 1.38 bits per heavy atom. The number of alkyl halides is 3. The summed E-state index contributed by atoms with van der Waals surface area (Å²) in [6, 6.07) is 6.97. The summed E-state index contributed by atoms with van der Waals surface area (Å²) in [6.45, 7) is 2.09. The van der Waals surface area contributed by atoms with Crippen molar-refractivity contribution in [2.75, 3.05) is 7.05 Å². The molecule has 2 atom stereocenters. The Kier molecular flexibility index (Phi) is 4.11. The predicted molar refractivity (Wildman–Crippen MR) is 80.0 cm³/mol. The average molecular weight is 338 g/mol. The van der Waals surface area contributed by atoms with Gasteiger partial charge in [0.25, 0.3) is 0 Å². The Balaban J connectivity index is 1.65. The highest BCUT2D eigenvalue weighted by atomic mass is 19.4. The summed E-state index contributed by atoms with van der Waals surface area (Å²) >= 11 is 0. The van der Waals surface area contributed by atoms with Gasteiger partial charge in [0, 0.05) is 19.0 Å². The molecule has 4 nitrogen and oxygen atoms in total. The van der Waals surface area contributed by atoms with Crippen LogP contribution in [0.15, 0.2) is 34.9 Å². The fraction of sp³-hybridized carbons (Fsp3) is 0.412. The Morgan fingerprint density at radius 3 is 2.75 bits per heavy atom. The zero-order valence-corrected chi connectivity index (χ0v) is 13.3. The second-order valence-corrected chi connectivity index (χ2v) is 6.20. The number of hydrogen-bond acceptors (Lipinski definition) is 3. The third-order valence-corrected chi connectivity index (χ3v) is 4.20. The molecule has 24 heavy (non-hydrogen) atoms. The third kappa shape index (κ3) is 3.44. The van der Waals surface area contributed by atoms with Gasteiger partial charge >= 0.3 is 6.18 Å². The number of aromatic nitrogens is 1. The van der Waals surface area contributed by atoms with Crippen molar-refractivity contribution in [2.24, 2.45) is 5.92 Å². The lowest BCUT2D eigenvalue weighted by Crippen LogP contribution is -2.28. The highest BCUT2D eigenvalue weighted by Crippen LogP contribution is 2.49. The van der Waals surface area contributed by atoms with Crippen LogP contribution in [0.1, 0.15) is 34.9 Å². The maximum Gasteiger partial charge on any atom is 0.416 e. The van der Waals surface area contributed by atoms with E-state index < -0.39 is 11.7 Å². The molecule has 1 aliphatic carbocycles. The van der Waals surface area contributed by atoms with Crippen molar-refractivity contribution >= 4 is 5.91 Å². The van der Waals surface area contributed by atoms with Crippen molar-refractivity contribution in [3.05, 3.63) is 52.9 Å². The minimum atomic E-state index is -4.37. The lowest BCUT2D eigenvalue weighted by Gasteiger charge is -2.15. The molecule has 0 N–H and O–H groups in total. The third-order valence-electron chi connectivity index (χ3n) is 4.20. The number of aryl methyl sites for hydroxylation is 1. The van der Waals surface area contributed by atoms with E-state index in [0.717, 1.165) is 12.1 Å². The maximum atomic E-state index is 12.8. The molecule has 0 spiro atoms. The lowest BCUT2D eigenvalue weighted by molar-refractivity contribution is -0.137. The summed E-state index contributed by atoms with van der Waals surface area (Å²) in [6.07, 6.45) is -3.80. The van der Waals surface area contributed by atoms with Gasteiger partial charge in [0.2, 0.25) is 5.91 Å². The van der Waals surface area contributed by atoms with Gasteiger partial charge in [-0.2, -0.15) is 13.2 Å². The van der Waals surface area contributed by atoms with E-state index in [1.54, 1.807) is 26.1 Å². The molecule has 7 heteroatoms. The average Bonchev–Trinajstić information content (AvgIpc) is 3.22. The van der Waals surface area contributed by atoms with Crippen LogP contribution in [0.3, 0.4) is 0 Å². The van der Waals surface area contributed by atoms with Crippen LogP contribution in [-0.2, 0) is 17.5 Å². The summed E-state index contributed by atoms with van der Waals surface area (Å²) in [7, 11) is 1.66. The van der Waals surface area contributed by atoms with Gasteiger partial charge in [-0.1, -0.05) is 23.4 Å². The molecular formula is C17H17F3N2O2. The molecule has 1 fully saturated rings. The van der Waals surface area contributed by atoms with Crippen molar-refractivity contribution in [3.63, 3.8) is 0 Å². The number of halogens is 3. The quantitative estimate of drug-likeness (QED) is 0.853. The van der Waals surface area contributed by atoms with E-state index in [9.17, 15) is 18.0 Å². The van der Waals surface area contributed by atoms with Crippen LogP contribution in [-0.4, -0.2) is 23.0 Å². The molecule has 2 unspecified atom stereocenters. The summed E-state index contributed by atoms with van der Waals surface area (Å²) in [4.78, 5) is 14.0. The molecule has 0 radical (unpaired) electrons. The first-order valence-corrected chi connectivity index (χ1v) is 7.60. The van der Waals surface area contributed by atoms with E-state index in [-0.39, 0.29) is 17.7 Å². The van der Waals surface area contributed by atoms with E-state index in [0.29, 0.717) is 30.0 Å². The van der Waals surface area contributed by atoms with Gasteiger partial charge in [-0.15, -0.1) is 0 Å². The lowest BCUT2D eigenvalue weighted by atomic mass is 10.1. The monoisotopic (exact) mass is 338 g/mol. The van der Waals surface area contributed by atoms with Gasteiger partial charge in [0.1, 0.15) is 11.5 Å². The van der Waals surface area contributed by atoms with Gasteiger partial charge in [-0.25, -0.2) is 0 Å². The topological polar surface area (TPSA) is 46.3 Å². The molecule has 1 heterocycles. The highest BCUT2D eigenvalue weighted by Gasteiger charge is 2.45. The van der Waals surface area contributed by atoms with Gasteiger partial charge in [0.05, 0.1) is 12.1 Å². The van der Waals surface area contributed by atoms with Crippen molar-refractivity contribution in [2.45, 2.75) is 32.0 Å². The number of carbonyl (C=O) groups is 1. The van der Waals surface area contributed by atoms with Crippen LogP contribution >= 0.6 is 0 Å². The number of nitrogens with zero attached hydrogens (tertiary/aromatic N) is 2. The first-order valence-electron chi connectivity index (χ1n) is 7.60. The van der Waals surface area contributed by atoms with Crippen LogP contribution in [0.4, 0.5) is 13.2 Å². The van der Waals surface area contributed by atoms with Gasteiger partial charge in [0.15, 0.2) is 0 Å². The standard InChI is InChI=1S/C17H17F3N2O2/c1-10-6-13(21-24-10)9-22(2)16(23)15-8-14(15)11-4-3-5-12(7-11)17(18,19)20/h3-7,14-15H,8-9H2,1-2H3. The Hall–Kier alpha value is -2.31. The summed E-state index contributed by atoms with van der Waals surface area (Å²) in [5.74, 6) is 0.157. The van der Waals surface area contributed by atoms with Gasteiger partial charge < -0.3 is 9.42 Å². The van der Waals surface area contributed by atoms with Gasteiger partial charge in [-0.3, -0.25) is 4.79 Å². The molecule has 1 amide bonds. The normalized spacial score (nSPS) is 20.0. The fourth-order valence-electron chi connectivity index (χ4n) is 2.88. The number of hydrogen-bond donors (Lipinski definition) is 0. The van der Waals surface area contributed by atoms with E-state index in [4.69, 9.17) is 4.52 Å². The Bertz CT molecular complexity index is 754. The van der Waals surface area contributed by atoms with E-state index in [2.05, 4.69) is 5.16 Å². The van der Waals surface area contributed by atoms with Crippen LogP contribution in [0, 0.1) is 12.8 Å². The Morgan fingerprint density at radius 2 is 2.12 bits per heavy atom. The zero-order chi connectivity index (χ0) is 17.5. The summed E-state index contributed by atoms with van der Waals surface area (Å²) in [5.41, 5.74) is 0.540. The molecule has 1 saturated carbocycles. The smallest absolute Gasteiger partial charge is 0.361 e. The highest BCUT2D eigenvalue weighted by molar-refractivity contribution is 5.82. The molecule has 1 aromatic heterocycles. The Labute approximate surface area is 137 Å². The van der Waals surface area contributed by atoms with E-state index in [1.807, 2.05) is 0 Å². The fourth-order valence-corrected chi connectivity index (χ4v) is 2.88. The number of benzene rings is 1. The van der Waals surface area contributed by atoms with Crippen molar-refractivity contribution in [1.82, 2.24) is 10.1 Å². The van der Waals surface area contributed by atoms with Crippen molar-refractivity contribution < 1.29 is 22.5 Å². The minimum Gasteiger partial charge on any atom is -0.361 e. The number of carbonyl (C=O) groups excluding carboxylic acids is 1. The first-order chi connectivity index (χ1) is 11.3. The van der Waals surface area contributed by atoms with Gasteiger partial charge in [-0.05, 0) is 30.9 Å². The molecule has 1 aliphatic rings.